The molecule has 2 heterocycles. The van der Waals surface area contributed by atoms with E-state index in [1.165, 1.54) is 10.7 Å². The number of hydrogen-bond acceptors (Lipinski definition) is 5. The van der Waals surface area contributed by atoms with Crippen LogP contribution in [-0.4, -0.2) is 30.4 Å². The summed E-state index contributed by atoms with van der Waals surface area (Å²) in [5.74, 6) is -0.215. The van der Waals surface area contributed by atoms with Gasteiger partial charge in [0, 0.05) is 17.3 Å². The van der Waals surface area contributed by atoms with Gasteiger partial charge in [0.15, 0.2) is 11.9 Å². The molecule has 0 radical (unpaired) electrons. The summed E-state index contributed by atoms with van der Waals surface area (Å²) in [7, 11) is 0. The molecule has 0 spiro atoms. The fraction of sp³-hybridized carbons (Fsp3) is 0.278. The minimum Gasteiger partial charge on any atom is -0.358 e. The lowest BCUT2D eigenvalue weighted by molar-refractivity contribution is -0.389. The van der Waals surface area contributed by atoms with Crippen LogP contribution in [0.3, 0.4) is 0 Å². The number of hydrogen-bond donors (Lipinski definition) is 1. The van der Waals surface area contributed by atoms with Gasteiger partial charge in [0.25, 0.3) is 5.91 Å². The molecule has 1 aromatic carbocycles. The predicted molar refractivity (Wildman–Crippen MR) is 104 cm³/mol. The van der Waals surface area contributed by atoms with Crippen LogP contribution in [-0.2, 0) is 11.3 Å². The highest BCUT2D eigenvalue weighted by Crippen LogP contribution is 2.20. The van der Waals surface area contributed by atoms with Crippen molar-refractivity contribution in [1.82, 2.24) is 19.6 Å². The molecule has 0 fully saturated rings. The number of nitrogens with one attached hydrogen (secondary N) is 1. The lowest BCUT2D eigenvalue weighted by Gasteiger charge is -2.13. The summed E-state index contributed by atoms with van der Waals surface area (Å²) < 4.78 is 3.07. The number of nitrogens with zero attached hydrogens (tertiary/aromatic N) is 5. The van der Waals surface area contributed by atoms with Gasteiger partial charge in [0.1, 0.15) is 0 Å². The molecule has 9 nitrogen and oxygen atoms in total. The van der Waals surface area contributed by atoms with Gasteiger partial charge in [-0.25, -0.2) is 0 Å². The zero-order chi connectivity index (χ0) is 20.3. The quantitative estimate of drug-likeness (QED) is 0.480. The second kappa shape index (κ2) is 8.22. The van der Waals surface area contributed by atoms with Crippen LogP contribution in [0, 0.1) is 17.0 Å². The van der Waals surface area contributed by atoms with Crippen LogP contribution in [0.1, 0.15) is 30.6 Å². The average Bonchev–Trinajstić information content (AvgIpc) is 3.25. The van der Waals surface area contributed by atoms with E-state index in [-0.39, 0.29) is 11.7 Å². The first-order valence-electron chi connectivity index (χ1n) is 8.66. The zero-order valence-electron chi connectivity index (χ0n) is 15.4. The SMILES string of the molecule is CCC(C(=O)Nc1ccn(Cc2ccc(Cl)cc2)n1)n1nc([N+](=O)[O-])cc1C. The van der Waals surface area contributed by atoms with E-state index in [0.717, 1.165) is 5.56 Å². The van der Waals surface area contributed by atoms with Crippen LogP contribution >= 0.6 is 11.6 Å². The number of halogens is 1. The van der Waals surface area contributed by atoms with E-state index < -0.39 is 11.0 Å². The fourth-order valence-corrected chi connectivity index (χ4v) is 2.97. The maximum absolute atomic E-state index is 12.7. The molecule has 3 rings (SSSR count). The van der Waals surface area contributed by atoms with Crippen molar-refractivity contribution in [3.63, 3.8) is 0 Å². The molecule has 0 bridgehead atoms. The fourth-order valence-electron chi connectivity index (χ4n) is 2.85. The molecule has 1 unspecified atom stereocenters. The van der Waals surface area contributed by atoms with E-state index in [1.807, 2.05) is 19.1 Å². The van der Waals surface area contributed by atoms with Crippen molar-refractivity contribution >= 4 is 29.1 Å². The number of benzene rings is 1. The third-order valence-electron chi connectivity index (χ3n) is 4.23. The Labute approximate surface area is 166 Å². The van der Waals surface area contributed by atoms with Gasteiger partial charge in [-0.15, -0.1) is 0 Å². The van der Waals surface area contributed by atoms with Gasteiger partial charge >= 0.3 is 5.82 Å². The average molecular weight is 403 g/mol. The summed E-state index contributed by atoms with van der Waals surface area (Å²) in [6, 6.07) is 9.79. The van der Waals surface area contributed by atoms with Gasteiger partial charge in [-0.3, -0.25) is 9.48 Å². The van der Waals surface area contributed by atoms with E-state index in [0.29, 0.717) is 29.5 Å². The van der Waals surface area contributed by atoms with E-state index in [4.69, 9.17) is 11.6 Å². The predicted octanol–water partition coefficient (Wildman–Crippen LogP) is 3.59. The van der Waals surface area contributed by atoms with Crippen molar-refractivity contribution in [2.24, 2.45) is 0 Å². The number of nitro groups is 1. The monoisotopic (exact) mass is 402 g/mol. The number of aryl methyl sites for hydroxylation is 1. The first-order chi connectivity index (χ1) is 13.4. The highest BCUT2D eigenvalue weighted by Gasteiger charge is 2.27. The van der Waals surface area contributed by atoms with E-state index >= 15 is 0 Å². The summed E-state index contributed by atoms with van der Waals surface area (Å²) in [6.07, 6.45) is 2.19. The first-order valence-corrected chi connectivity index (χ1v) is 9.04. The first kappa shape index (κ1) is 19.6. The molecule has 0 saturated carbocycles. The largest absolute Gasteiger partial charge is 0.390 e. The summed E-state index contributed by atoms with van der Waals surface area (Å²) in [5, 5.41) is 22.6. The Bertz CT molecular complexity index is 995. The Morgan fingerprint density at radius 3 is 2.61 bits per heavy atom. The molecule has 1 N–H and O–H groups in total. The molecular formula is C18H19ClN6O3. The molecule has 1 amide bonds. The highest BCUT2D eigenvalue weighted by atomic mass is 35.5. The van der Waals surface area contributed by atoms with Gasteiger partial charge in [0.2, 0.25) is 0 Å². The van der Waals surface area contributed by atoms with Gasteiger partial charge in [-0.2, -0.15) is 9.78 Å². The van der Waals surface area contributed by atoms with Gasteiger partial charge in [-0.1, -0.05) is 30.7 Å². The second-order valence-corrected chi connectivity index (χ2v) is 6.72. The van der Waals surface area contributed by atoms with Crippen LogP contribution in [0.15, 0.2) is 42.6 Å². The summed E-state index contributed by atoms with van der Waals surface area (Å²) in [5.41, 5.74) is 1.57. The normalized spacial score (nSPS) is 12.0. The molecule has 0 aliphatic heterocycles. The molecule has 0 aliphatic rings. The topological polar surface area (TPSA) is 108 Å². The molecule has 2 aromatic heterocycles. The standard InChI is InChI=1S/C18H19ClN6O3/c1-3-15(24-12(2)10-17(22-24)25(27)28)18(26)20-16-8-9-23(21-16)11-13-4-6-14(19)7-5-13/h4-10,15H,3,11H2,1-2H3,(H,20,21,26). The lowest BCUT2D eigenvalue weighted by atomic mass is 10.2. The summed E-state index contributed by atoms with van der Waals surface area (Å²) in [6.45, 7) is 4.03. The molecule has 1 atom stereocenters. The number of rotatable bonds is 7. The third-order valence-corrected chi connectivity index (χ3v) is 4.48. The molecule has 146 valence electrons. The van der Waals surface area contributed by atoms with Crippen molar-refractivity contribution < 1.29 is 9.72 Å². The van der Waals surface area contributed by atoms with E-state index in [2.05, 4.69) is 15.5 Å². The van der Waals surface area contributed by atoms with Gasteiger partial charge in [-0.05, 0) is 36.0 Å². The van der Waals surface area contributed by atoms with Crippen molar-refractivity contribution in [3.8, 4) is 0 Å². The smallest absolute Gasteiger partial charge is 0.358 e. The number of carbonyl (C=O) groups is 1. The van der Waals surface area contributed by atoms with Crippen LogP contribution in [0.4, 0.5) is 11.6 Å². The van der Waals surface area contributed by atoms with Crippen molar-refractivity contribution in [2.75, 3.05) is 5.32 Å². The van der Waals surface area contributed by atoms with Crippen molar-refractivity contribution in [1.29, 1.82) is 0 Å². The Balaban J connectivity index is 1.70. The molecule has 0 saturated heterocycles. The third kappa shape index (κ3) is 4.37. The van der Waals surface area contributed by atoms with Crippen molar-refractivity contribution in [3.05, 3.63) is 69.0 Å². The Kier molecular flexibility index (Phi) is 5.74. The number of anilines is 1. The van der Waals surface area contributed by atoms with Crippen molar-refractivity contribution in [2.45, 2.75) is 32.9 Å². The molecular weight excluding hydrogens is 384 g/mol. The Morgan fingerprint density at radius 2 is 2.00 bits per heavy atom. The molecule has 3 aromatic rings. The van der Waals surface area contributed by atoms with Crippen LogP contribution in [0.25, 0.3) is 0 Å². The highest BCUT2D eigenvalue weighted by molar-refractivity contribution is 6.30. The van der Waals surface area contributed by atoms with E-state index in [9.17, 15) is 14.9 Å². The number of aromatic nitrogens is 4. The van der Waals surface area contributed by atoms with Gasteiger partial charge in [0.05, 0.1) is 23.4 Å². The van der Waals surface area contributed by atoms with E-state index in [1.54, 1.807) is 36.0 Å². The lowest BCUT2D eigenvalue weighted by Crippen LogP contribution is -2.27. The maximum atomic E-state index is 12.7. The van der Waals surface area contributed by atoms with Crippen LogP contribution < -0.4 is 5.32 Å². The van der Waals surface area contributed by atoms with Gasteiger partial charge < -0.3 is 15.4 Å². The number of carbonyl (C=O) groups excluding carboxylic acids is 1. The Hall–Kier alpha value is -3.20. The zero-order valence-corrected chi connectivity index (χ0v) is 16.1. The number of amides is 1. The van der Waals surface area contributed by atoms with Crippen LogP contribution in [0.2, 0.25) is 5.02 Å². The molecule has 10 heteroatoms. The molecule has 0 aliphatic carbocycles. The maximum Gasteiger partial charge on any atom is 0.390 e. The molecule has 28 heavy (non-hydrogen) atoms. The van der Waals surface area contributed by atoms with Crippen LogP contribution in [0.5, 0.6) is 0 Å². The minimum atomic E-state index is -0.671. The summed E-state index contributed by atoms with van der Waals surface area (Å²) >= 11 is 5.89. The minimum absolute atomic E-state index is 0.281. The Morgan fingerprint density at radius 1 is 1.29 bits per heavy atom. The summed E-state index contributed by atoms with van der Waals surface area (Å²) in [4.78, 5) is 23.0. The second-order valence-electron chi connectivity index (χ2n) is 6.28.